The van der Waals surface area contributed by atoms with Gasteiger partial charge in [-0.25, -0.2) is 0 Å². The van der Waals surface area contributed by atoms with Gasteiger partial charge < -0.3 is 15.0 Å². The van der Waals surface area contributed by atoms with Crippen molar-refractivity contribution in [3.8, 4) is 27.9 Å². The first-order valence-electron chi connectivity index (χ1n) is 5.70. The van der Waals surface area contributed by atoms with Crippen LogP contribution in [0.1, 0.15) is 0 Å². The van der Waals surface area contributed by atoms with Crippen LogP contribution in [0, 0.1) is 0 Å². The lowest BCUT2D eigenvalue weighted by Gasteiger charge is -2.03. The van der Waals surface area contributed by atoms with E-state index in [0.29, 0.717) is 16.7 Å². The van der Waals surface area contributed by atoms with Gasteiger partial charge in [0.15, 0.2) is 0 Å². The molecule has 0 amide bonds. The van der Waals surface area contributed by atoms with E-state index in [1.54, 1.807) is 7.11 Å². The number of nitrogens with zero attached hydrogens (tertiary/aromatic N) is 2. The minimum atomic E-state index is 0.466. The second-order valence-corrected chi connectivity index (χ2v) is 5.94. The van der Waals surface area contributed by atoms with Gasteiger partial charge in [-0.1, -0.05) is 5.16 Å². The molecule has 0 radical (unpaired) electrons. The van der Waals surface area contributed by atoms with Gasteiger partial charge in [0.1, 0.15) is 5.75 Å². The van der Waals surface area contributed by atoms with Gasteiger partial charge in [-0.05, 0) is 46.3 Å². The van der Waals surface area contributed by atoms with Gasteiger partial charge in [0.25, 0.3) is 5.89 Å². The highest BCUT2D eigenvalue weighted by Gasteiger charge is 2.13. The van der Waals surface area contributed by atoms with E-state index < -0.39 is 0 Å². The molecule has 7 heteroatoms. The molecule has 2 N–H and O–H groups in total. The Morgan fingerprint density at radius 2 is 2.15 bits per heavy atom. The lowest BCUT2D eigenvalue weighted by atomic mass is 10.2. The molecule has 0 spiro atoms. The van der Waals surface area contributed by atoms with Crippen molar-refractivity contribution in [2.75, 3.05) is 12.8 Å². The minimum absolute atomic E-state index is 0.466. The number of thiophene rings is 1. The Kier molecular flexibility index (Phi) is 3.45. The molecule has 3 aromatic rings. The summed E-state index contributed by atoms with van der Waals surface area (Å²) in [4.78, 5) is 5.23. The van der Waals surface area contributed by atoms with E-state index in [1.807, 2.05) is 30.3 Å². The van der Waals surface area contributed by atoms with Gasteiger partial charge in [0, 0.05) is 5.56 Å². The Hall–Kier alpha value is -1.86. The maximum atomic E-state index is 5.69. The van der Waals surface area contributed by atoms with Crippen molar-refractivity contribution in [1.82, 2.24) is 10.1 Å². The predicted molar refractivity (Wildman–Crippen MR) is 81.7 cm³/mol. The topological polar surface area (TPSA) is 74.2 Å². The summed E-state index contributed by atoms with van der Waals surface area (Å²) in [5.74, 6) is 1.74. The number of aromatic nitrogens is 2. The molecule has 0 aliphatic rings. The number of nitrogens with two attached hydrogens (primary N) is 1. The Morgan fingerprint density at radius 3 is 2.80 bits per heavy atom. The van der Waals surface area contributed by atoms with E-state index in [0.717, 1.165) is 20.7 Å². The molecule has 1 aromatic carbocycles. The first-order chi connectivity index (χ1) is 9.67. The Balaban J connectivity index is 1.95. The Labute approximate surface area is 127 Å². The molecule has 0 saturated carbocycles. The summed E-state index contributed by atoms with van der Waals surface area (Å²) >= 11 is 4.84. The normalized spacial score (nSPS) is 10.7. The number of rotatable bonds is 3. The SMILES string of the molecule is COc1ccc(-c2noc(-c3ccc(N)s3)n2)cc1Br. The summed E-state index contributed by atoms with van der Waals surface area (Å²) in [6.45, 7) is 0. The fraction of sp³-hybridized carbons (Fsp3) is 0.0769. The maximum absolute atomic E-state index is 5.69. The Morgan fingerprint density at radius 1 is 1.30 bits per heavy atom. The van der Waals surface area contributed by atoms with Crippen molar-refractivity contribution >= 4 is 32.3 Å². The van der Waals surface area contributed by atoms with E-state index in [1.165, 1.54) is 11.3 Å². The second kappa shape index (κ2) is 5.26. The van der Waals surface area contributed by atoms with Crippen molar-refractivity contribution in [3.05, 3.63) is 34.8 Å². The lowest BCUT2D eigenvalue weighted by molar-refractivity contribution is 0.412. The van der Waals surface area contributed by atoms with Crippen LogP contribution in [-0.4, -0.2) is 17.3 Å². The molecule has 0 unspecified atom stereocenters. The number of hydrogen-bond acceptors (Lipinski definition) is 6. The van der Waals surface area contributed by atoms with E-state index in [9.17, 15) is 0 Å². The number of benzene rings is 1. The minimum Gasteiger partial charge on any atom is -0.496 e. The first-order valence-corrected chi connectivity index (χ1v) is 7.31. The van der Waals surface area contributed by atoms with E-state index in [4.69, 9.17) is 15.0 Å². The van der Waals surface area contributed by atoms with Crippen molar-refractivity contribution < 1.29 is 9.26 Å². The fourth-order valence-electron chi connectivity index (χ4n) is 1.71. The molecule has 0 bridgehead atoms. The smallest absolute Gasteiger partial charge is 0.268 e. The summed E-state index contributed by atoms with van der Waals surface area (Å²) in [6, 6.07) is 9.28. The quantitative estimate of drug-likeness (QED) is 0.776. The predicted octanol–water partition coefficient (Wildman–Crippen LogP) is 3.82. The van der Waals surface area contributed by atoms with Crippen LogP contribution in [0.2, 0.25) is 0 Å². The Bertz CT molecular complexity index is 754. The van der Waals surface area contributed by atoms with Crippen LogP contribution in [0.15, 0.2) is 39.3 Å². The summed E-state index contributed by atoms with van der Waals surface area (Å²) in [6.07, 6.45) is 0. The van der Waals surface area contributed by atoms with Crippen LogP contribution in [0.5, 0.6) is 5.75 Å². The zero-order chi connectivity index (χ0) is 14.1. The second-order valence-electron chi connectivity index (χ2n) is 3.97. The third-order valence-electron chi connectivity index (χ3n) is 2.67. The average molecular weight is 352 g/mol. The molecule has 0 aliphatic heterocycles. The van der Waals surface area contributed by atoms with Crippen molar-refractivity contribution in [3.63, 3.8) is 0 Å². The van der Waals surface area contributed by atoms with E-state index >= 15 is 0 Å². The highest BCUT2D eigenvalue weighted by atomic mass is 79.9. The molecule has 3 rings (SSSR count). The number of anilines is 1. The van der Waals surface area contributed by atoms with Gasteiger partial charge in [-0.2, -0.15) is 4.98 Å². The molecular weight excluding hydrogens is 342 g/mol. The molecule has 102 valence electrons. The van der Waals surface area contributed by atoms with Gasteiger partial charge in [0.05, 0.1) is 21.5 Å². The standard InChI is InChI=1S/C13H10BrN3O2S/c1-18-9-3-2-7(6-8(9)14)12-16-13(19-17-12)10-4-5-11(15)20-10/h2-6H,15H2,1H3. The molecule has 20 heavy (non-hydrogen) atoms. The van der Waals surface area contributed by atoms with Crippen LogP contribution in [0.4, 0.5) is 5.00 Å². The van der Waals surface area contributed by atoms with Gasteiger partial charge >= 0.3 is 0 Å². The summed E-state index contributed by atoms with van der Waals surface area (Å²) in [5.41, 5.74) is 6.54. The molecule has 0 saturated heterocycles. The molecule has 2 aromatic heterocycles. The zero-order valence-corrected chi connectivity index (χ0v) is 12.9. The van der Waals surface area contributed by atoms with Crippen molar-refractivity contribution in [2.45, 2.75) is 0 Å². The average Bonchev–Trinajstić information content (AvgIpc) is 3.07. The molecule has 0 aliphatic carbocycles. The molecular formula is C13H10BrN3O2S. The maximum Gasteiger partial charge on any atom is 0.268 e. The number of hydrogen-bond donors (Lipinski definition) is 1. The monoisotopic (exact) mass is 351 g/mol. The largest absolute Gasteiger partial charge is 0.496 e. The van der Waals surface area contributed by atoms with Gasteiger partial charge in [-0.3, -0.25) is 0 Å². The molecule has 0 fully saturated rings. The van der Waals surface area contributed by atoms with Crippen molar-refractivity contribution in [2.24, 2.45) is 0 Å². The van der Waals surface area contributed by atoms with Crippen LogP contribution in [-0.2, 0) is 0 Å². The van der Waals surface area contributed by atoms with Crippen LogP contribution >= 0.6 is 27.3 Å². The number of halogens is 1. The highest BCUT2D eigenvalue weighted by molar-refractivity contribution is 9.10. The van der Waals surface area contributed by atoms with Gasteiger partial charge in [-0.15, -0.1) is 11.3 Å². The molecule has 0 atom stereocenters. The summed E-state index contributed by atoms with van der Waals surface area (Å²) in [5, 5.41) is 4.70. The van der Waals surface area contributed by atoms with Crippen LogP contribution in [0.3, 0.4) is 0 Å². The molecule has 5 nitrogen and oxygen atoms in total. The fourth-order valence-corrected chi connectivity index (χ4v) is 2.95. The summed E-state index contributed by atoms with van der Waals surface area (Å²) < 4.78 is 11.3. The third-order valence-corrected chi connectivity index (χ3v) is 4.20. The number of methoxy groups -OCH3 is 1. The first kappa shape index (κ1) is 13.1. The molecule has 2 heterocycles. The number of nitrogen functional groups attached to an aromatic ring is 1. The van der Waals surface area contributed by atoms with E-state index in [2.05, 4.69) is 26.1 Å². The van der Waals surface area contributed by atoms with Gasteiger partial charge in [0.2, 0.25) is 5.82 Å². The van der Waals surface area contributed by atoms with Crippen LogP contribution in [0.25, 0.3) is 22.2 Å². The highest BCUT2D eigenvalue weighted by Crippen LogP contribution is 2.32. The van der Waals surface area contributed by atoms with E-state index in [-0.39, 0.29) is 0 Å². The third kappa shape index (κ3) is 2.41. The summed E-state index contributed by atoms with van der Waals surface area (Å²) in [7, 11) is 1.62. The number of ether oxygens (including phenoxy) is 1. The lowest BCUT2D eigenvalue weighted by Crippen LogP contribution is -1.86. The zero-order valence-electron chi connectivity index (χ0n) is 10.5. The van der Waals surface area contributed by atoms with Crippen LogP contribution < -0.4 is 10.5 Å². The van der Waals surface area contributed by atoms with Crippen molar-refractivity contribution in [1.29, 1.82) is 0 Å².